The van der Waals surface area contributed by atoms with Gasteiger partial charge in [0.1, 0.15) is 0 Å². The normalized spacial score (nSPS) is 15.1. The number of hydrogen-bond donors (Lipinski definition) is 0. The fourth-order valence-corrected chi connectivity index (χ4v) is 3.43. The van der Waals surface area contributed by atoms with Gasteiger partial charge in [-0.2, -0.15) is 0 Å². The Kier molecular flexibility index (Phi) is 6.60. The van der Waals surface area contributed by atoms with Crippen molar-refractivity contribution in [1.82, 2.24) is 9.80 Å². The van der Waals surface area contributed by atoms with Gasteiger partial charge in [0, 0.05) is 44.4 Å². The van der Waals surface area contributed by atoms with E-state index in [4.69, 9.17) is 4.74 Å². The molecule has 0 radical (unpaired) electrons. The fraction of sp³-hybridized carbons (Fsp3) is 0.381. The predicted molar refractivity (Wildman–Crippen MR) is 107 cm³/mol. The van der Waals surface area contributed by atoms with Gasteiger partial charge in [-0.1, -0.05) is 30.3 Å². The zero-order chi connectivity index (χ0) is 19.9. The lowest BCUT2D eigenvalue weighted by Gasteiger charge is -2.22. The van der Waals surface area contributed by atoms with Crippen molar-refractivity contribution in [3.05, 3.63) is 69.8 Å². The van der Waals surface area contributed by atoms with Crippen molar-refractivity contribution in [2.45, 2.75) is 19.9 Å². The number of carbonyl (C=O) groups excluding carboxylic acids is 1. The molecule has 0 spiro atoms. The third-order valence-electron chi connectivity index (χ3n) is 4.83. The summed E-state index contributed by atoms with van der Waals surface area (Å²) in [4.78, 5) is 27.8. The molecule has 0 atom stereocenters. The van der Waals surface area contributed by atoms with Crippen LogP contribution in [0.3, 0.4) is 0 Å². The van der Waals surface area contributed by atoms with Crippen molar-refractivity contribution in [3.8, 4) is 5.75 Å². The summed E-state index contributed by atoms with van der Waals surface area (Å²) in [6.07, 6.45) is 0.873. The Balaban J connectivity index is 1.67. The molecule has 1 aliphatic rings. The van der Waals surface area contributed by atoms with Gasteiger partial charge in [0.05, 0.1) is 11.5 Å². The molecular formula is C21H25N3O4. The van der Waals surface area contributed by atoms with Crippen LogP contribution in [0.2, 0.25) is 0 Å². The first kappa shape index (κ1) is 19.8. The Labute approximate surface area is 164 Å². The van der Waals surface area contributed by atoms with Crippen LogP contribution in [0.5, 0.6) is 5.75 Å². The van der Waals surface area contributed by atoms with Crippen molar-refractivity contribution >= 4 is 11.6 Å². The Bertz CT molecular complexity index is 826. The number of amides is 1. The van der Waals surface area contributed by atoms with E-state index in [9.17, 15) is 14.9 Å². The molecule has 148 valence electrons. The Hall–Kier alpha value is -2.93. The molecule has 1 amide bonds. The summed E-state index contributed by atoms with van der Waals surface area (Å²) in [6.45, 7) is 5.90. The summed E-state index contributed by atoms with van der Waals surface area (Å²) >= 11 is 0. The molecule has 2 aromatic rings. The number of nitro groups is 1. The lowest BCUT2D eigenvalue weighted by molar-refractivity contribution is -0.385. The number of nitro benzene ring substituents is 1. The molecule has 1 aliphatic heterocycles. The zero-order valence-corrected chi connectivity index (χ0v) is 16.0. The number of hydrogen-bond acceptors (Lipinski definition) is 5. The van der Waals surface area contributed by atoms with Crippen LogP contribution >= 0.6 is 0 Å². The molecule has 0 bridgehead atoms. The molecule has 7 heteroatoms. The molecule has 0 aliphatic carbocycles. The highest BCUT2D eigenvalue weighted by molar-refractivity contribution is 5.95. The molecule has 0 unspecified atom stereocenters. The Morgan fingerprint density at radius 1 is 1.11 bits per heavy atom. The summed E-state index contributed by atoms with van der Waals surface area (Å²) in [6, 6.07) is 14.7. The van der Waals surface area contributed by atoms with Gasteiger partial charge in [-0.25, -0.2) is 0 Å². The Morgan fingerprint density at radius 2 is 1.89 bits per heavy atom. The van der Waals surface area contributed by atoms with Gasteiger partial charge in [-0.3, -0.25) is 19.8 Å². The first-order valence-electron chi connectivity index (χ1n) is 9.55. The van der Waals surface area contributed by atoms with Crippen LogP contribution in [0, 0.1) is 10.1 Å². The zero-order valence-electron chi connectivity index (χ0n) is 16.0. The molecule has 0 saturated carbocycles. The molecule has 28 heavy (non-hydrogen) atoms. The minimum atomic E-state index is -0.508. The minimum Gasteiger partial charge on any atom is -0.487 e. The van der Waals surface area contributed by atoms with E-state index in [1.807, 2.05) is 18.2 Å². The van der Waals surface area contributed by atoms with E-state index in [2.05, 4.69) is 17.0 Å². The highest BCUT2D eigenvalue weighted by atomic mass is 16.6. The Morgan fingerprint density at radius 3 is 2.61 bits per heavy atom. The van der Waals surface area contributed by atoms with Crippen molar-refractivity contribution in [2.24, 2.45) is 0 Å². The second kappa shape index (κ2) is 9.32. The number of benzene rings is 2. The summed E-state index contributed by atoms with van der Waals surface area (Å²) < 4.78 is 5.30. The van der Waals surface area contributed by atoms with Gasteiger partial charge in [-0.15, -0.1) is 0 Å². The number of rotatable bonds is 6. The number of ether oxygens (including phenoxy) is 1. The van der Waals surface area contributed by atoms with Gasteiger partial charge in [0.15, 0.2) is 5.75 Å². The molecule has 0 aromatic heterocycles. The van der Waals surface area contributed by atoms with Crippen LogP contribution < -0.4 is 4.74 Å². The molecular weight excluding hydrogens is 358 g/mol. The van der Waals surface area contributed by atoms with E-state index < -0.39 is 4.92 Å². The molecule has 7 nitrogen and oxygen atoms in total. The largest absolute Gasteiger partial charge is 0.487 e. The quantitative estimate of drug-likeness (QED) is 0.565. The maximum absolute atomic E-state index is 12.9. The molecule has 1 fully saturated rings. The van der Waals surface area contributed by atoms with Crippen molar-refractivity contribution in [2.75, 3.05) is 32.8 Å². The summed E-state index contributed by atoms with van der Waals surface area (Å²) in [7, 11) is 0. The molecule has 3 rings (SSSR count). The maximum atomic E-state index is 12.9. The monoisotopic (exact) mass is 383 g/mol. The molecule has 1 heterocycles. The second-order valence-electron chi connectivity index (χ2n) is 6.78. The lowest BCUT2D eigenvalue weighted by Crippen LogP contribution is -2.35. The standard InChI is InChI=1S/C21H25N3O4/c1-2-28-20-10-9-18(15-19(20)24(26)27)21(25)23-12-6-11-22(13-14-23)16-17-7-4-3-5-8-17/h3-5,7-10,15H,2,6,11-14,16H2,1H3. The second-order valence-corrected chi connectivity index (χ2v) is 6.78. The van der Waals surface area contributed by atoms with Crippen LogP contribution in [0.4, 0.5) is 5.69 Å². The summed E-state index contributed by atoms with van der Waals surface area (Å²) in [5.41, 5.74) is 1.41. The molecule has 1 saturated heterocycles. The van der Waals surface area contributed by atoms with Gasteiger partial charge in [-0.05, 0) is 31.0 Å². The van der Waals surface area contributed by atoms with Gasteiger partial charge in [0.25, 0.3) is 5.91 Å². The van der Waals surface area contributed by atoms with Crippen molar-refractivity contribution in [1.29, 1.82) is 0 Å². The first-order chi connectivity index (χ1) is 13.6. The lowest BCUT2D eigenvalue weighted by atomic mass is 10.1. The van der Waals surface area contributed by atoms with E-state index in [1.165, 1.54) is 17.7 Å². The first-order valence-corrected chi connectivity index (χ1v) is 9.55. The average molecular weight is 383 g/mol. The van der Waals surface area contributed by atoms with Gasteiger partial charge in [0.2, 0.25) is 0 Å². The highest BCUT2D eigenvalue weighted by Gasteiger charge is 2.24. The van der Waals surface area contributed by atoms with Crippen LogP contribution in [-0.4, -0.2) is 53.4 Å². The fourth-order valence-electron chi connectivity index (χ4n) is 3.43. The van der Waals surface area contributed by atoms with E-state index >= 15 is 0 Å². The molecule has 2 aromatic carbocycles. The SMILES string of the molecule is CCOc1ccc(C(=O)N2CCCN(Cc3ccccc3)CC2)cc1[N+](=O)[O-]. The minimum absolute atomic E-state index is 0.173. The van der Waals surface area contributed by atoms with Gasteiger partial charge >= 0.3 is 5.69 Å². The highest BCUT2D eigenvalue weighted by Crippen LogP contribution is 2.28. The third-order valence-corrected chi connectivity index (χ3v) is 4.83. The van der Waals surface area contributed by atoms with E-state index in [1.54, 1.807) is 17.9 Å². The molecule has 0 N–H and O–H groups in total. The topological polar surface area (TPSA) is 75.9 Å². The number of nitrogens with zero attached hydrogens (tertiary/aromatic N) is 3. The van der Waals surface area contributed by atoms with Crippen LogP contribution in [-0.2, 0) is 6.54 Å². The average Bonchev–Trinajstić information content (AvgIpc) is 2.94. The van der Waals surface area contributed by atoms with Crippen LogP contribution in [0.1, 0.15) is 29.3 Å². The number of carbonyl (C=O) groups is 1. The van der Waals surface area contributed by atoms with Crippen LogP contribution in [0.25, 0.3) is 0 Å². The summed E-state index contributed by atoms with van der Waals surface area (Å²) in [5, 5.41) is 11.3. The van der Waals surface area contributed by atoms with Crippen molar-refractivity contribution in [3.63, 3.8) is 0 Å². The van der Waals surface area contributed by atoms with Crippen LogP contribution in [0.15, 0.2) is 48.5 Å². The van der Waals surface area contributed by atoms with E-state index in [0.717, 1.165) is 26.1 Å². The van der Waals surface area contributed by atoms with E-state index in [-0.39, 0.29) is 17.3 Å². The van der Waals surface area contributed by atoms with Crippen molar-refractivity contribution < 1.29 is 14.5 Å². The van der Waals surface area contributed by atoms with Gasteiger partial charge < -0.3 is 9.64 Å². The predicted octanol–water partition coefficient (Wildman–Crippen LogP) is 3.34. The summed E-state index contributed by atoms with van der Waals surface area (Å²) in [5.74, 6) is 0.0154. The maximum Gasteiger partial charge on any atom is 0.311 e. The van der Waals surface area contributed by atoms with E-state index in [0.29, 0.717) is 25.3 Å². The third kappa shape index (κ3) is 4.86. The smallest absolute Gasteiger partial charge is 0.311 e.